The van der Waals surface area contributed by atoms with E-state index in [4.69, 9.17) is 0 Å². The lowest BCUT2D eigenvalue weighted by molar-refractivity contribution is 0.331. The zero-order valence-electron chi connectivity index (χ0n) is 11.3. The molecule has 1 aliphatic rings. The lowest BCUT2D eigenvalue weighted by Gasteiger charge is -2.27. The molecule has 1 N–H and O–H groups in total. The molecule has 1 fully saturated rings. The first-order valence-electron chi connectivity index (χ1n) is 6.65. The number of nitrogens with zero attached hydrogens (tertiary/aromatic N) is 1. The van der Waals surface area contributed by atoms with Gasteiger partial charge in [-0.2, -0.15) is 4.31 Å². The van der Waals surface area contributed by atoms with E-state index >= 15 is 0 Å². The lowest BCUT2D eigenvalue weighted by atomic mass is 10.2. The third-order valence-corrected chi connectivity index (χ3v) is 5.38. The molecule has 1 atom stereocenters. The highest BCUT2D eigenvalue weighted by Crippen LogP contribution is 2.25. The van der Waals surface area contributed by atoms with Crippen LogP contribution in [0.25, 0.3) is 0 Å². The van der Waals surface area contributed by atoms with E-state index in [1.807, 2.05) is 6.92 Å². The van der Waals surface area contributed by atoms with E-state index in [9.17, 15) is 17.2 Å². The highest BCUT2D eigenvalue weighted by Gasteiger charge is 2.36. The summed E-state index contributed by atoms with van der Waals surface area (Å²) >= 11 is 0. The Hall–Kier alpha value is -1.05. The monoisotopic (exact) mass is 304 g/mol. The Bertz CT molecular complexity index is 551. The molecule has 2 rings (SSSR count). The van der Waals surface area contributed by atoms with Crippen molar-refractivity contribution in [3.05, 3.63) is 29.8 Å². The van der Waals surface area contributed by atoms with Gasteiger partial charge in [0.25, 0.3) is 0 Å². The maximum atomic E-state index is 13.8. The molecule has 20 heavy (non-hydrogen) atoms. The van der Waals surface area contributed by atoms with Gasteiger partial charge in [-0.1, -0.05) is 13.0 Å². The van der Waals surface area contributed by atoms with Gasteiger partial charge in [-0.15, -0.1) is 0 Å². The van der Waals surface area contributed by atoms with Crippen LogP contribution in [-0.4, -0.2) is 38.4 Å². The van der Waals surface area contributed by atoms with Gasteiger partial charge in [0.05, 0.1) is 0 Å². The van der Waals surface area contributed by atoms with E-state index in [0.29, 0.717) is 25.9 Å². The van der Waals surface area contributed by atoms with Gasteiger partial charge in [0.1, 0.15) is 11.6 Å². The summed E-state index contributed by atoms with van der Waals surface area (Å²) in [4.78, 5) is -0.847. The molecule has 112 valence electrons. The van der Waals surface area contributed by atoms with Crippen LogP contribution in [0.1, 0.15) is 19.8 Å². The van der Waals surface area contributed by atoms with Crippen LogP contribution in [-0.2, 0) is 10.0 Å². The molecule has 7 heteroatoms. The standard InChI is InChI=1S/C13H18F2N2O2S/c1-2-8-17(10-6-7-16-9-10)20(18,19)13-11(14)4-3-5-12(13)15/h3-5,10,16H,2,6-9H2,1H3. The first kappa shape index (κ1) is 15.3. The largest absolute Gasteiger partial charge is 0.315 e. The van der Waals surface area contributed by atoms with Gasteiger partial charge in [0.15, 0.2) is 4.90 Å². The molecule has 1 saturated heterocycles. The molecule has 0 spiro atoms. The Morgan fingerprint density at radius 2 is 2.00 bits per heavy atom. The molecule has 0 saturated carbocycles. The van der Waals surface area contributed by atoms with Gasteiger partial charge < -0.3 is 5.32 Å². The lowest BCUT2D eigenvalue weighted by Crippen LogP contribution is -2.42. The molecule has 1 aromatic rings. The third-order valence-electron chi connectivity index (χ3n) is 3.37. The van der Waals surface area contributed by atoms with Crippen LogP contribution in [0, 0.1) is 11.6 Å². The summed E-state index contributed by atoms with van der Waals surface area (Å²) in [6.07, 6.45) is 1.24. The van der Waals surface area contributed by atoms with Crippen LogP contribution in [0.4, 0.5) is 8.78 Å². The summed E-state index contributed by atoms with van der Waals surface area (Å²) in [6, 6.07) is 2.84. The Balaban J connectivity index is 2.45. The van der Waals surface area contributed by atoms with Crippen molar-refractivity contribution in [1.82, 2.24) is 9.62 Å². The number of hydrogen-bond acceptors (Lipinski definition) is 3. The molecular weight excluding hydrogens is 286 g/mol. The fourth-order valence-corrected chi connectivity index (χ4v) is 4.31. The second-order valence-corrected chi connectivity index (χ2v) is 6.64. The second-order valence-electron chi connectivity index (χ2n) is 4.81. The molecule has 0 aromatic heterocycles. The summed E-state index contributed by atoms with van der Waals surface area (Å²) in [5.74, 6) is -2.09. The van der Waals surface area contributed by atoms with E-state index in [0.717, 1.165) is 18.2 Å². The van der Waals surface area contributed by atoms with Crippen molar-refractivity contribution in [2.24, 2.45) is 0 Å². The molecule has 0 amide bonds. The minimum Gasteiger partial charge on any atom is -0.315 e. The number of rotatable bonds is 5. The first-order chi connectivity index (χ1) is 9.48. The molecule has 1 aromatic carbocycles. The van der Waals surface area contributed by atoms with Crippen molar-refractivity contribution in [3.8, 4) is 0 Å². The quantitative estimate of drug-likeness (QED) is 0.901. The van der Waals surface area contributed by atoms with E-state index in [1.165, 1.54) is 4.31 Å². The number of nitrogens with one attached hydrogen (secondary N) is 1. The van der Waals surface area contributed by atoms with Gasteiger partial charge in [0, 0.05) is 19.1 Å². The topological polar surface area (TPSA) is 49.4 Å². The SMILES string of the molecule is CCCN(C1CCNC1)S(=O)(=O)c1c(F)cccc1F. The Kier molecular flexibility index (Phi) is 4.72. The summed E-state index contributed by atoms with van der Waals surface area (Å²) in [5, 5.41) is 3.07. The number of benzene rings is 1. The van der Waals surface area contributed by atoms with Gasteiger partial charge >= 0.3 is 0 Å². The Morgan fingerprint density at radius 1 is 1.35 bits per heavy atom. The van der Waals surface area contributed by atoms with Crippen LogP contribution in [0.5, 0.6) is 0 Å². The molecule has 1 heterocycles. The third kappa shape index (κ3) is 2.84. The van der Waals surface area contributed by atoms with Crippen LogP contribution in [0.2, 0.25) is 0 Å². The van der Waals surface area contributed by atoms with Gasteiger partial charge in [0.2, 0.25) is 10.0 Å². The van der Waals surface area contributed by atoms with Crippen LogP contribution in [0.3, 0.4) is 0 Å². The second kappa shape index (κ2) is 6.15. The molecule has 4 nitrogen and oxygen atoms in total. The molecule has 0 aliphatic carbocycles. The molecule has 1 unspecified atom stereocenters. The normalized spacial score (nSPS) is 19.7. The predicted octanol–water partition coefficient (Wildman–Crippen LogP) is 1.73. The zero-order valence-corrected chi connectivity index (χ0v) is 12.1. The predicted molar refractivity (Wildman–Crippen MR) is 71.8 cm³/mol. The zero-order chi connectivity index (χ0) is 14.8. The summed E-state index contributed by atoms with van der Waals surface area (Å²) in [5.41, 5.74) is 0. The van der Waals surface area contributed by atoms with Crippen molar-refractivity contribution in [2.75, 3.05) is 19.6 Å². The molecule has 0 bridgehead atoms. The van der Waals surface area contributed by atoms with Gasteiger partial charge in [-0.3, -0.25) is 0 Å². The minimum absolute atomic E-state index is 0.251. The van der Waals surface area contributed by atoms with Crippen LogP contribution in [0.15, 0.2) is 23.1 Å². The first-order valence-corrected chi connectivity index (χ1v) is 8.09. The number of hydrogen-bond donors (Lipinski definition) is 1. The molecular formula is C13H18F2N2O2S. The summed E-state index contributed by atoms with van der Waals surface area (Å²) < 4.78 is 53.9. The molecule has 0 radical (unpaired) electrons. The average molecular weight is 304 g/mol. The maximum absolute atomic E-state index is 13.8. The minimum atomic E-state index is -4.16. The highest BCUT2D eigenvalue weighted by molar-refractivity contribution is 7.89. The smallest absolute Gasteiger partial charge is 0.249 e. The Labute approximate surface area is 117 Å². The summed E-state index contributed by atoms with van der Waals surface area (Å²) in [6.45, 7) is 3.31. The van der Waals surface area contributed by atoms with E-state index in [-0.39, 0.29) is 12.6 Å². The van der Waals surface area contributed by atoms with Crippen LogP contribution < -0.4 is 5.32 Å². The highest BCUT2D eigenvalue weighted by atomic mass is 32.2. The Morgan fingerprint density at radius 3 is 2.50 bits per heavy atom. The average Bonchev–Trinajstić information content (AvgIpc) is 2.88. The number of halogens is 2. The van der Waals surface area contributed by atoms with Gasteiger partial charge in [-0.25, -0.2) is 17.2 Å². The van der Waals surface area contributed by atoms with E-state index < -0.39 is 26.6 Å². The van der Waals surface area contributed by atoms with Crippen molar-refractivity contribution in [3.63, 3.8) is 0 Å². The van der Waals surface area contributed by atoms with E-state index in [1.54, 1.807) is 0 Å². The van der Waals surface area contributed by atoms with Crippen molar-refractivity contribution < 1.29 is 17.2 Å². The maximum Gasteiger partial charge on any atom is 0.249 e. The fourth-order valence-electron chi connectivity index (χ4n) is 2.45. The van der Waals surface area contributed by atoms with Gasteiger partial charge in [-0.05, 0) is 31.5 Å². The van der Waals surface area contributed by atoms with Crippen LogP contribution >= 0.6 is 0 Å². The fraction of sp³-hybridized carbons (Fsp3) is 0.538. The van der Waals surface area contributed by atoms with Crippen molar-refractivity contribution >= 4 is 10.0 Å². The van der Waals surface area contributed by atoms with Crippen molar-refractivity contribution in [1.29, 1.82) is 0 Å². The van der Waals surface area contributed by atoms with Crippen molar-refractivity contribution in [2.45, 2.75) is 30.7 Å². The number of sulfonamides is 1. The summed E-state index contributed by atoms with van der Waals surface area (Å²) in [7, 11) is -4.16. The molecule has 1 aliphatic heterocycles. The van der Waals surface area contributed by atoms with E-state index in [2.05, 4.69) is 5.32 Å².